The third kappa shape index (κ3) is 10.3. The second-order valence-electron chi connectivity index (χ2n) is 11.9. The Hall–Kier alpha value is -3.96. The van der Waals surface area contributed by atoms with Gasteiger partial charge >= 0.3 is 0 Å². The topological polar surface area (TPSA) is 109 Å². The van der Waals surface area contributed by atoms with Gasteiger partial charge in [-0.15, -0.1) is 0 Å². The standard InChI is InChI=1S/C34H46N4O7/c1-26(2)29(39)21-36(16-17-43-3)33(41)23-37(19-27-10-6-4-7-11-27)34(42)24-38(32(40)22-35-14-8-5-9-15-35)20-28-12-13-30-31(18-28)45-25-44-30/h4,6-7,10-13,18,26H,5,8-9,14-17,19-25H2,1-3H3. The Morgan fingerprint density at radius 3 is 2.11 bits per heavy atom. The van der Waals surface area contributed by atoms with Crippen molar-refractivity contribution in [2.45, 2.75) is 46.2 Å². The van der Waals surface area contributed by atoms with Crippen LogP contribution < -0.4 is 9.47 Å². The summed E-state index contributed by atoms with van der Waals surface area (Å²) in [5.41, 5.74) is 1.66. The SMILES string of the molecule is COCCN(CC(=O)C(C)C)C(=O)CN(Cc1ccccc1)C(=O)CN(Cc1ccc2c(c1)OCO2)C(=O)CN1CCCCC1. The summed E-state index contributed by atoms with van der Waals surface area (Å²) < 4.78 is 16.2. The number of methoxy groups -OCH3 is 1. The molecule has 0 aromatic heterocycles. The van der Waals surface area contributed by atoms with Crippen LogP contribution in [0.5, 0.6) is 11.5 Å². The smallest absolute Gasteiger partial charge is 0.242 e. The van der Waals surface area contributed by atoms with Crippen LogP contribution in [-0.2, 0) is 37.0 Å². The highest BCUT2D eigenvalue weighted by Gasteiger charge is 2.28. The Labute approximate surface area is 266 Å². The molecule has 0 aliphatic carbocycles. The number of piperidine rings is 1. The van der Waals surface area contributed by atoms with Crippen LogP contribution in [0.25, 0.3) is 0 Å². The molecule has 2 aliphatic heterocycles. The highest BCUT2D eigenvalue weighted by atomic mass is 16.7. The summed E-state index contributed by atoms with van der Waals surface area (Å²) >= 11 is 0. The number of hydrogen-bond donors (Lipinski definition) is 0. The summed E-state index contributed by atoms with van der Waals surface area (Å²) in [6.45, 7) is 6.01. The zero-order chi connectivity index (χ0) is 32.2. The number of nitrogens with zero attached hydrogens (tertiary/aromatic N) is 4. The van der Waals surface area contributed by atoms with Gasteiger partial charge in [-0.3, -0.25) is 24.1 Å². The number of carbonyl (C=O) groups excluding carboxylic acids is 4. The zero-order valence-corrected chi connectivity index (χ0v) is 26.7. The normalized spacial score (nSPS) is 14.3. The lowest BCUT2D eigenvalue weighted by atomic mass is 10.1. The average Bonchev–Trinajstić information content (AvgIpc) is 3.51. The van der Waals surface area contributed by atoms with Gasteiger partial charge in [0.1, 0.15) is 13.1 Å². The number of fused-ring (bicyclic) bond motifs is 1. The minimum absolute atomic E-state index is 0.0578. The van der Waals surface area contributed by atoms with Gasteiger partial charge < -0.3 is 28.9 Å². The predicted octanol–water partition coefficient (Wildman–Crippen LogP) is 2.96. The van der Waals surface area contributed by atoms with E-state index in [1.54, 1.807) is 24.8 Å². The highest BCUT2D eigenvalue weighted by molar-refractivity contribution is 5.91. The van der Waals surface area contributed by atoms with Crippen LogP contribution in [0.15, 0.2) is 48.5 Å². The fraction of sp³-hybridized carbons (Fsp3) is 0.529. The first-order valence-electron chi connectivity index (χ1n) is 15.7. The zero-order valence-electron chi connectivity index (χ0n) is 26.7. The number of carbonyl (C=O) groups is 4. The molecule has 45 heavy (non-hydrogen) atoms. The first-order valence-corrected chi connectivity index (χ1v) is 15.7. The minimum Gasteiger partial charge on any atom is -0.454 e. The second kappa shape index (κ2) is 16.9. The first kappa shape index (κ1) is 33.9. The van der Waals surface area contributed by atoms with E-state index in [1.807, 2.05) is 42.5 Å². The summed E-state index contributed by atoms with van der Waals surface area (Å²) in [5.74, 6) is 0.0691. The van der Waals surface area contributed by atoms with Gasteiger partial charge in [0, 0.05) is 32.7 Å². The van der Waals surface area contributed by atoms with Crippen LogP contribution in [-0.4, -0.2) is 109 Å². The van der Waals surface area contributed by atoms with Gasteiger partial charge in [-0.2, -0.15) is 0 Å². The maximum atomic E-state index is 14.0. The maximum absolute atomic E-state index is 14.0. The maximum Gasteiger partial charge on any atom is 0.242 e. The van der Waals surface area contributed by atoms with Gasteiger partial charge in [0.25, 0.3) is 0 Å². The molecule has 2 aliphatic rings. The van der Waals surface area contributed by atoms with Crippen LogP contribution >= 0.6 is 0 Å². The summed E-state index contributed by atoms with van der Waals surface area (Å²) in [4.78, 5) is 60.6. The van der Waals surface area contributed by atoms with Crippen molar-refractivity contribution >= 4 is 23.5 Å². The van der Waals surface area contributed by atoms with Crippen molar-refractivity contribution in [2.24, 2.45) is 5.92 Å². The van der Waals surface area contributed by atoms with E-state index in [2.05, 4.69) is 4.90 Å². The summed E-state index contributed by atoms with van der Waals surface area (Å²) in [7, 11) is 1.54. The Morgan fingerprint density at radius 1 is 0.778 bits per heavy atom. The molecule has 0 unspecified atom stereocenters. The molecule has 0 N–H and O–H groups in total. The van der Waals surface area contributed by atoms with E-state index in [1.165, 1.54) is 16.9 Å². The quantitative estimate of drug-likeness (QED) is 0.281. The molecule has 2 aromatic rings. The fourth-order valence-corrected chi connectivity index (χ4v) is 5.33. The molecular formula is C34H46N4O7. The number of Topliss-reactive ketones (excluding diaryl/α,β-unsaturated/α-hetero) is 1. The molecule has 4 rings (SSSR count). The third-order valence-corrected chi connectivity index (χ3v) is 8.10. The number of ether oxygens (including phenoxy) is 3. The van der Waals surface area contributed by atoms with E-state index in [4.69, 9.17) is 14.2 Å². The van der Waals surface area contributed by atoms with Crippen LogP contribution in [0.1, 0.15) is 44.2 Å². The molecule has 1 fully saturated rings. The van der Waals surface area contributed by atoms with Crippen LogP contribution in [0, 0.1) is 5.92 Å². The number of hydrogen-bond acceptors (Lipinski definition) is 8. The van der Waals surface area contributed by atoms with Crippen LogP contribution in [0.2, 0.25) is 0 Å². The van der Waals surface area contributed by atoms with Crippen LogP contribution in [0.3, 0.4) is 0 Å². The monoisotopic (exact) mass is 622 g/mol. The van der Waals surface area contributed by atoms with Gasteiger partial charge in [-0.25, -0.2) is 0 Å². The van der Waals surface area contributed by atoms with Gasteiger partial charge in [-0.05, 0) is 49.2 Å². The van der Waals surface area contributed by atoms with Crippen molar-refractivity contribution in [2.75, 3.05) is 66.3 Å². The second-order valence-corrected chi connectivity index (χ2v) is 11.9. The van der Waals surface area contributed by atoms with Gasteiger partial charge in [0.15, 0.2) is 17.3 Å². The Bertz CT molecular complexity index is 1300. The molecular weight excluding hydrogens is 576 g/mol. The third-order valence-electron chi connectivity index (χ3n) is 8.10. The van der Waals surface area contributed by atoms with E-state index in [-0.39, 0.29) is 88.6 Å². The van der Waals surface area contributed by atoms with Crippen molar-refractivity contribution in [1.29, 1.82) is 0 Å². The van der Waals surface area contributed by atoms with Gasteiger partial charge in [0.2, 0.25) is 24.5 Å². The Balaban J connectivity index is 1.55. The molecule has 2 aromatic carbocycles. The van der Waals surface area contributed by atoms with E-state index in [0.29, 0.717) is 11.5 Å². The molecule has 0 atom stereocenters. The van der Waals surface area contributed by atoms with Crippen molar-refractivity contribution in [3.8, 4) is 11.5 Å². The molecule has 244 valence electrons. The van der Waals surface area contributed by atoms with E-state index >= 15 is 0 Å². The number of rotatable bonds is 16. The fourth-order valence-electron chi connectivity index (χ4n) is 5.33. The predicted molar refractivity (Wildman–Crippen MR) is 168 cm³/mol. The number of likely N-dealkylation sites (tertiary alicyclic amines) is 1. The Morgan fingerprint density at radius 2 is 1.42 bits per heavy atom. The van der Waals surface area contributed by atoms with E-state index in [9.17, 15) is 19.2 Å². The highest BCUT2D eigenvalue weighted by Crippen LogP contribution is 2.33. The molecule has 11 heteroatoms. The molecule has 0 bridgehead atoms. The number of amides is 3. The molecule has 0 saturated carbocycles. The van der Waals surface area contributed by atoms with Gasteiger partial charge in [-0.1, -0.05) is 56.7 Å². The Kier molecular flexibility index (Phi) is 12.8. The summed E-state index contributed by atoms with van der Waals surface area (Å²) in [5, 5.41) is 0. The number of benzene rings is 2. The van der Waals surface area contributed by atoms with Crippen molar-refractivity contribution < 1.29 is 33.4 Å². The molecule has 2 heterocycles. The van der Waals surface area contributed by atoms with Crippen LogP contribution in [0.4, 0.5) is 0 Å². The molecule has 11 nitrogen and oxygen atoms in total. The lowest BCUT2D eigenvalue weighted by Crippen LogP contribution is -2.50. The number of ketones is 1. The largest absolute Gasteiger partial charge is 0.454 e. The minimum atomic E-state index is -0.359. The summed E-state index contributed by atoms with van der Waals surface area (Å²) in [6.07, 6.45) is 3.23. The van der Waals surface area contributed by atoms with E-state index < -0.39 is 0 Å². The van der Waals surface area contributed by atoms with Gasteiger partial charge in [0.05, 0.1) is 19.7 Å². The average molecular weight is 623 g/mol. The molecule has 3 amide bonds. The first-order chi connectivity index (χ1) is 21.7. The lowest BCUT2D eigenvalue weighted by molar-refractivity contribution is -0.146. The molecule has 1 saturated heterocycles. The molecule has 0 radical (unpaired) electrons. The van der Waals surface area contributed by atoms with Crippen molar-refractivity contribution in [1.82, 2.24) is 19.6 Å². The molecule has 0 spiro atoms. The summed E-state index contributed by atoms with van der Waals surface area (Å²) in [6, 6.07) is 14.9. The van der Waals surface area contributed by atoms with Crippen molar-refractivity contribution in [3.63, 3.8) is 0 Å². The van der Waals surface area contributed by atoms with E-state index in [0.717, 1.165) is 43.5 Å². The lowest BCUT2D eigenvalue weighted by Gasteiger charge is -2.32. The van der Waals surface area contributed by atoms with Crippen molar-refractivity contribution in [3.05, 3.63) is 59.7 Å².